The minimum absolute atomic E-state index is 0.0943. The Morgan fingerprint density at radius 3 is 2.52 bits per heavy atom. The molecule has 1 aliphatic heterocycles. The first-order chi connectivity index (χ1) is 12.7. The van der Waals surface area contributed by atoms with Crippen LogP contribution in [0.3, 0.4) is 0 Å². The lowest BCUT2D eigenvalue weighted by atomic mass is 10.00. The van der Waals surface area contributed by atoms with Crippen molar-refractivity contribution in [3.8, 4) is 0 Å². The van der Waals surface area contributed by atoms with Crippen molar-refractivity contribution in [2.24, 2.45) is 0 Å². The molecule has 3 heteroatoms. The minimum atomic E-state index is -1.43. The molecule has 0 spiro atoms. The summed E-state index contributed by atoms with van der Waals surface area (Å²) in [6, 6.07) is 15.2. The van der Waals surface area contributed by atoms with Gasteiger partial charge in [0.2, 0.25) is 0 Å². The van der Waals surface area contributed by atoms with E-state index in [4.69, 9.17) is 9.47 Å². The Bertz CT molecular complexity index is 790. The van der Waals surface area contributed by atoms with Gasteiger partial charge < -0.3 is 9.47 Å². The highest BCUT2D eigenvalue weighted by molar-refractivity contribution is 6.82. The number of rotatable bonds is 8. The molecule has 1 saturated heterocycles. The molecule has 0 radical (unpaired) electrons. The van der Waals surface area contributed by atoms with Crippen molar-refractivity contribution in [3.05, 3.63) is 60.7 Å². The predicted octanol–water partition coefficient (Wildman–Crippen LogP) is 6.68. The quantitative estimate of drug-likeness (QED) is 0.288. The van der Waals surface area contributed by atoms with Gasteiger partial charge in [-0.05, 0) is 40.3 Å². The molecular formula is C24H34O2Si. The Labute approximate surface area is 165 Å². The lowest BCUT2D eigenvalue weighted by Crippen LogP contribution is -2.44. The molecule has 27 heavy (non-hydrogen) atoms. The Hall–Kier alpha value is -1.42. The van der Waals surface area contributed by atoms with Gasteiger partial charge in [0.1, 0.15) is 0 Å². The number of fused-ring (bicyclic) bond motifs is 1. The van der Waals surface area contributed by atoms with Crippen LogP contribution in [0.25, 0.3) is 10.8 Å². The minimum Gasteiger partial charge on any atom is -0.373 e. The highest BCUT2D eigenvalue weighted by atomic mass is 28.3. The smallest absolute Gasteiger partial charge is 0.0902 e. The van der Waals surface area contributed by atoms with E-state index in [0.717, 1.165) is 12.8 Å². The van der Waals surface area contributed by atoms with Crippen molar-refractivity contribution in [1.82, 2.24) is 0 Å². The number of hydrogen-bond donors (Lipinski definition) is 0. The first-order valence-corrected chi connectivity index (χ1v) is 13.2. The molecule has 1 heterocycles. The van der Waals surface area contributed by atoms with Crippen LogP contribution in [0, 0.1) is 0 Å². The van der Waals surface area contributed by atoms with E-state index in [0.29, 0.717) is 23.5 Å². The van der Waals surface area contributed by atoms with Gasteiger partial charge in [-0.15, -0.1) is 6.58 Å². The van der Waals surface area contributed by atoms with Crippen molar-refractivity contribution in [2.75, 3.05) is 6.61 Å². The molecule has 1 fully saturated rings. The highest BCUT2D eigenvalue weighted by Gasteiger charge is 2.55. The van der Waals surface area contributed by atoms with E-state index >= 15 is 0 Å². The Balaban J connectivity index is 1.68. The van der Waals surface area contributed by atoms with Crippen LogP contribution >= 0.6 is 0 Å². The van der Waals surface area contributed by atoms with Crippen molar-refractivity contribution in [1.29, 1.82) is 0 Å². The molecule has 3 rings (SSSR count). The molecule has 3 atom stereocenters. The molecule has 2 aromatic carbocycles. The summed E-state index contributed by atoms with van der Waals surface area (Å²) in [5.41, 5.74) is 1.73. The first kappa shape index (κ1) is 20.3. The standard InChI is InChI=1S/C24H34O2Si/c1-7-16-25-21(20-13-12-18-10-8-9-11-19(18)17-20)14-15-22-23(26-22)27(5,6)24(2,3)4/h7-13,17,21-23H,1,14-16H2,2-6H3/t21-,22+,23+/m1/s1. The topological polar surface area (TPSA) is 21.8 Å². The average Bonchev–Trinajstić information content (AvgIpc) is 3.41. The van der Waals surface area contributed by atoms with E-state index in [1.165, 1.54) is 16.3 Å². The highest BCUT2D eigenvalue weighted by Crippen LogP contribution is 2.47. The SMILES string of the molecule is C=CCO[C@H](CC[C@@H]1O[C@H]1[Si](C)(C)C(C)(C)C)c1ccc2ccccc2c1. The number of hydrogen-bond acceptors (Lipinski definition) is 2. The molecular weight excluding hydrogens is 348 g/mol. The Kier molecular flexibility index (Phi) is 5.95. The average molecular weight is 383 g/mol. The molecule has 0 amide bonds. The summed E-state index contributed by atoms with van der Waals surface area (Å²) < 4.78 is 12.3. The van der Waals surface area contributed by atoms with Gasteiger partial charge in [-0.2, -0.15) is 0 Å². The number of benzene rings is 2. The fourth-order valence-electron chi connectivity index (χ4n) is 3.68. The molecule has 2 aromatic rings. The van der Waals surface area contributed by atoms with E-state index < -0.39 is 8.07 Å². The predicted molar refractivity (Wildman–Crippen MR) is 118 cm³/mol. The summed E-state index contributed by atoms with van der Waals surface area (Å²) in [4.78, 5) is 0. The molecule has 0 unspecified atom stereocenters. The van der Waals surface area contributed by atoms with Crippen LogP contribution < -0.4 is 0 Å². The van der Waals surface area contributed by atoms with Crippen molar-refractivity contribution in [3.63, 3.8) is 0 Å². The normalized spacial score (nSPS) is 21.2. The van der Waals surface area contributed by atoms with E-state index in [2.05, 4.69) is 82.9 Å². The van der Waals surface area contributed by atoms with Crippen LogP contribution in [-0.4, -0.2) is 26.5 Å². The number of epoxide rings is 1. The molecule has 0 bridgehead atoms. The van der Waals surface area contributed by atoms with Gasteiger partial charge in [-0.25, -0.2) is 0 Å². The van der Waals surface area contributed by atoms with Gasteiger partial charge in [0, 0.05) is 0 Å². The van der Waals surface area contributed by atoms with Crippen molar-refractivity contribution < 1.29 is 9.47 Å². The van der Waals surface area contributed by atoms with Crippen LogP contribution in [-0.2, 0) is 9.47 Å². The summed E-state index contributed by atoms with van der Waals surface area (Å²) in [6.07, 6.45) is 4.38. The lowest BCUT2D eigenvalue weighted by molar-refractivity contribution is 0.0643. The molecule has 0 aromatic heterocycles. The lowest BCUT2D eigenvalue weighted by Gasteiger charge is -2.35. The number of ether oxygens (including phenoxy) is 2. The second kappa shape index (κ2) is 7.90. The van der Waals surface area contributed by atoms with Crippen LogP contribution in [0.15, 0.2) is 55.1 Å². The zero-order valence-electron chi connectivity index (χ0n) is 17.5. The van der Waals surface area contributed by atoms with Gasteiger partial charge in [0.05, 0.1) is 32.6 Å². The molecule has 0 saturated carbocycles. The summed E-state index contributed by atoms with van der Waals surface area (Å²) in [5, 5.41) is 2.90. The van der Waals surface area contributed by atoms with Gasteiger partial charge in [0.15, 0.2) is 0 Å². The van der Waals surface area contributed by atoms with Crippen molar-refractivity contribution in [2.45, 2.75) is 69.7 Å². The fraction of sp³-hybridized carbons (Fsp3) is 0.500. The van der Waals surface area contributed by atoms with Crippen LogP contribution in [0.1, 0.15) is 45.3 Å². The summed E-state index contributed by atoms with van der Waals surface area (Å²) in [5.74, 6) is 0. The van der Waals surface area contributed by atoms with Gasteiger partial charge in [0.25, 0.3) is 0 Å². The zero-order chi connectivity index (χ0) is 19.7. The maximum atomic E-state index is 6.16. The second-order valence-corrected chi connectivity index (χ2v) is 14.9. The van der Waals surface area contributed by atoms with Gasteiger partial charge in [-0.1, -0.05) is 76.3 Å². The van der Waals surface area contributed by atoms with E-state index in [1.54, 1.807) is 0 Å². The maximum absolute atomic E-state index is 6.16. The zero-order valence-corrected chi connectivity index (χ0v) is 18.5. The van der Waals surface area contributed by atoms with E-state index in [-0.39, 0.29) is 6.10 Å². The molecule has 2 nitrogen and oxygen atoms in total. The third kappa shape index (κ3) is 4.53. The van der Waals surface area contributed by atoms with E-state index in [1.807, 2.05) is 6.08 Å². The van der Waals surface area contributed by atoms with Crippen molar-refractivity contribution >= 4 is 18.8 Å². The van der Waals surface area contributed by atoms with Gasteiger partial charge >= 0.3 is 0 Å². The molecule has 0 N–H and O–H groups in total. The third-order valence-corrected chi connectivity index (χ3v) is 12.3. The maximum Gasteiger partial charge on any atom is 0.0902 e. The summed E-state index contributed by atoms with van der Waals surface area (Å²) in [7, 11) is -1.43. The first-order valence-electron chi connectivity index (χ1n) is 10.1. The Morgan fingerprint density at radius 2 is 1.85 bits per heavy atom. The Morgan fingerprint density at radius 1 is 1.15 bits per heavy atom. The van der Waals surface area contributed by atoms with Crippen LogP contribution in [0.2, 0.25) is 18.1 Å². The van der Waals surface area contributed by atoms with Crippen LogP contribution in [0.5, 0.6) is 0 Å². The van der Waals surface area contributed by atoms with Gasteiger partial charge in [-0.3, -0.25) is 0 Å². The molecule has 0 aliphatic carbocycles. The van der Waals surface area contributed by atoms with E-state index in [9.17, 15) is 0 Å². The molecule has 146 valence electrons. The molecule has 1 aliphatic rings. The monoisotopic (exact) mass is 382 g/mol. The van der Waals surface area contributed by atoms with Crippen LogP contribution in [0.4, 0.5) is 0 Å². The second-order valence-electron chi connectivity index (χ2n) is 9.36. The summed E-state index contributed by atoms with van der Waals surface area (Å²) >= 11 is 0. The third-order valence-electron chi connectivity index (χ3n) is 6.50. The fourth-order valence-corrected chi connectivity index (χ4v) is 6.14. The largest absolute Gasteiger partial charge is 0.373 e. The summed E-state index contributed by atoms with van der Waals surface area (Å²) in [6.45, 7) is 16.4.